The normalized spacial score (nSPS) is 46.7. The summed E-state index contributed by atoms with van der Waals surface area (Å²) in [6.45, 7) is 0. The SMILES string of the molecule is Cn1c(=O)n2n(c1=O)[C@H]1C[C@@H]2[C@H]2[C@@H]3CC[C@H](C3)[C@@H]21. The molecule has 5 nitrogen and oxygen atoms in total. The fourth-order valence-electron chi connectivity index (χ4n) is 5.79. The molecule has 2 heterocycles. The van der Waals surface area contributed by atoms with Crippen LogP contribution < -0.4 is 11.4 Å². The zero-order valence-corrected chi connectivity index (χ0v) is 10.5. The van der Waals surface area contributed by atoms with Gasteiger partial charge in [0, 0.05) is 7.05 Å². The summed E-state index contributed by atoms with van der Waals surface area (Å²) >= 11 is 0. The fourth-order valence-corrected chi connectivity index (χ4v) is 5.79. The van der Waals surface area contributed by atoms with E-state index in [1.54, 1.807) is 16.4 Å². The average molecular weight is 247 g/mol. The van der Waals surface area contributed by atoms with Crippen molar-refractivity contribution >= 4 is 0 Å². The predicted octanol–water partition coefficient (Wildman–Crippen LogP) is 0.510. The first-order valence-electron chi connectivity index (χ1n) is 7.08. The summed E-state index contributed by atoms with van der Waals surface area (Å²) in [5, 5.41) is 0. The highest BCUT2D eigenvalue weighted by atomic mass is 16.2. The van der Waals surface area contributed by atoms with Gasteiger partial charge in [-0.1, -0.05) is 0 Å². The van der Waals surface area contributed by atoms with Crippen molar-refractivity contribution in [2.45, 2.75) is 37.8 Å². The lowest BCUT2D eigenvalue weighted by Gasteiger charge is -2.35. The lowest BCUT2D eigenvalue weighted by molar-refractivity contribution is 0.127. The third-order valence-corrected chi connectivity index (χ3v) is 6.24. The molecule has 1 aromatic rings. The molecule has 0 N–H and O–H groups in total. The number of rotatable bonds is 0. The van der Waals surface area contributed by atoms with Gasteiger partial charge in [-0.25, -0.2) is 23.5 Å². The second kappa shape index (κ2) is 2.68. The van der Waals surface area contributed by atoms with Crippen molar-refractivity contribution in [3.05, 3.63) is 21.0 Å². The number of nitrogens with zero attached hydrogens (tertiary/aromatic N) is 3. The highest BCUT2D eigenvalue weighted by Crippen LogP contribution is 2.66. The number of fused-ring (bicyclic) bond motifs is 12. The van der Waals surface area contributed by atoms with Crippen LogP contribution in [0.15, 0.2) is 9.59 Å². The molecule has 4 aliphatic rings. The highest BCUT2D eigenvalue weighted by Gasteiger charge is 2.63. The predicted molar refractivity (Wildman–Crippen MR) is 64.4 cm³/mol. The van der Waals surface area contributed by atoms with Gasteiger partial charge in [0.25, 0.3) is 0 Å². The van der Waals surface area contributed by atoms with Gasteiger partial charge < -0.3 is 0 Å². The standard InChI is InChI=1S/C13H17N3O2/c1-14-12(17)15-8-5-9(16(15)13(14)18)11-7-3-2-6(4-7)10(8)11/h6-11H,2-5H2,1H3/t6-,7-,8-,9+,10-,11-/m1/s1. The maximum atomic E-state index is 12.2. The summed E-state index contributed by atoms with van der Waals surface area (Å²) < 4.78 is 4.85. The minimum absolute atomic E-state index is 0.103. The first-order chi connectivity index (χ1) is 8.68. The summed E-state index contributed by atoms with van der Waals surface area (Å²) in [5.74, 6) is 3.03. The Morgan fingerprint density at radius 2 is 1.39 bits per heavy atom. The van der Waals surface area contributed by atoms with Gasteiger partial charge in [0.2, 0.25) is 0 Å². The molecule has 3 aliphatic carbocycles. The van der Waals surface area contributed by atoms with Crippen LogP contribution in [-0.4, -0.2) is 13.9 Å². The Bertz CT molecular complexity index is 613. The van der Waals surface area contributed by atoms with E-state index < -0.39 is 0 Å². The molecule has 0 spiro atoms. The molecular weight excluding hydrogens is 230 g/mol. The van der Waals surface area contributed by atoms with Crippen molar-refractivity contribution in [2.24, 2.45) is 30.7 Å². The molecule has 96 valence electrons. The van der Waals surface area contributed by atoms with Gasteiger partial charge in [0.15, 0.2) is 0 Å². The summed E-state index contributed by atoms with van der Waals surface area (Å²) in [6, 6.07) is 0.633. The molecule has 0 amide bonds. The van der Waals surface area contributed by atoms with Crippen LogP contribution in [0.4, 0.5) is 0 Å². The van der Waals surface area contributed by atoms with Crippen LogP contribution in [0.2, 0.25) is 0 Å². The second-order valence-electron chi connectivity index (χ2n) is 6.67. The van der Waals surface area contributed by atoms with Crippen molar-refractivity contribution in [1.82, 2.24) is 13.9 Å². The molecule has 1 aliphatic heterocycles. The van der Waals surface area contributed by atoms with E-state index in [9.17, 15) is 9.59 Å². The molecule has 6 atom stereocenters. The fraction of sp³-hybridized carbons (Fsp3) is 0.846. The average Bonchev–Trinajstić information content (AvgIpc) is 3.11. The quantitative estimate of drug-likeness (QED) is 0.627. The number of hydrogen-bond acceptors (Lipinski definition) is 2. The molecular formula is C13H17N3O2. The molecule has 5 rings (SSSR count). The van der Waals surface area contributed by atoms with Gasteiger partial charge in [0.05, 0.1) is 12.1 Å². The van der Waals surface area contributed by atoms with Crippen molar-refractivity contribution in [2.75, 3.05) is 0 Å². The Morgan fingerprint density at radius 1 is 0.889 bits per heavy atom. The summed E-state index contributed by atoms with van der Waals surface area (Å²) in [7, 11) is 1.60. The Labute approximate surface area is 104 Å². The molecule has 3 fully saturated rings. The van der Waals surface area contributed by atoms with Gasteiger partial charge in [-0.05, 0) is 49.4 Å². The third-order valence-electron chi connectivity index (χ3n) is 6.24. The zero-order chi connectivity index (χ0) is 12.2. The lowest BCUT2D eigenvalue weighted by atomic mass is 9.78. The molecule has 4 bridgehead atoms. The van der Waals surface area contributed by atoms with E-state index in [0.29, 0.717) is 23.9 Å². The molecule has 0 saturated heterocycles. The van der Waals surface area contributed by atoms with Crippen LogP contribution in [0.3, 0.4) is 0 Å². The molecule has 1 aromatic heterocycles. The van der Waals surface area contributed by atoms with Gasteiger partial charge in [-0.3, -0.25) is 0 Å². The second-order valence-corrected chi connectivity index (χ2v) is 6.67. The minimum Gasteiger partial charge on any atom is -0.246 e. The van der Waals surface area contributed by atoms with Crippen molar-refractivity contribution in [3.63, 3.8) is 0 Å². The maximum absolute atomic E-state index is 12.2. The lowest BCUT2D eigenvalue weighted by Crippen LogP contribution is -2.39. The van der Waals surface area contributed by atoms with E-state index in [2.05, 4.69) is 0 Å². The Balaban J connectivity index is 1.78. The summed E-state index contributed by atoms with van der Waals surface area (Å²) in [4.78, 5) is 24.3. The van der Waals surface area contributed by atoms with Gasteiger partial charge in [0.1, 0.15) is 0 Å². The zero-order valence-electron chi connectivity index (χ0n) is 10.5. The van der Waals surface area contributed by atoms with Crippen LogP contribution in [0.25, 0.3) is 0 Å². The smallest absolute Gasteiger partial charge is 0.246 e. The highest BCUT2D eigenvalue weighted by molar-refractivity contribution is 5.12. The van der Waals surface area contributed by atoms with Crippen LogP contribution in [0, 0.1) is 23.7 Å². The van der Waals surface area contributed by atoms with Gasteiger partial charge in [-0.2, -0.15) is 0 Å². The Kier molecular flexibility index (Phi) is 1.43. The van der Waals surface area contributed by atoms with E-state index in [4.69, 9.17) is 0 Å². The molecule has 0 aromatic carbocycles. The molecule has 3 saturated carbocycles. The monoisotopic (exact) mass is 247 g/mol. The number of aromatic nitrogens is 3. The largest absolute Gasteiger partial charge is 0.347 e. The van der Waals surface area contributed by atoms with E-state index in [0.717, 1.165) is 18.3 Å². The molecule has 0 radical (unpaired) electrons. The number of hydrogen-bond donors (Lipinski definition) is 0. The maximum Gasteiger partial charge on any atom is 0.347 e. The van der Waals surface area contributed by atoms with E-state index in [1.807, 2.05) is 0 Å². The van der Waals surface area contributed by atoms with Crippen molar-refractivity contribution in [1.29, 1.82) is 0 Å². The Hall–Kier alpha value is -1.26. The van der Waals surface area contributed by atoms with E-state index in [-0.39, 0.29) is 11.4 Å². The van der Waals surface area contributed by atoms with Crippen molar-refractivity contribution in [3.8, 4) is 0 Å². The summed E-state index contributed by atoms with van der Waals surface area (Å²) in [6.07, 6.45) is 5.08. The van der Waals surface area contributed by atoms with Crippen LogP contribution in [0.5, 0.6) is 0 Å². The van der Waals surface area contributed by atoms with Crippen LogP contribution in [-0.2, 0) is 7.05 Å². The minimum atomic E-state index is -0.103. The Morgan fingerprint density at radius 3 is 1.89 bits per heavy atom. The summed E-state index contributed by atoms with van der Waals surface area (Å²) in [5.41, 5.74) is -0.206. The van der Waals surface area contributed by atoms with Crippen LogP contribution >= 0.6 is 0 Å². The van der Waals surface area contributed by atoms with E-state index >= 15 is 0 Å². The first kappa shape index (κ1) is 9.64. The molecule has 0 unspecified atom stereocenters. The molecule has 18 heavy (non-hydrogen) atoms. The third kappa shape index (κ3) is 0.780. The topological polar surface area (TPSA) is 48.9 Å². The first-order valence-corrected chi connectivity index (χ1v) is 7.08. The van der Waals surface area contributed by atoms with E-state index in [1.165, 1.54) is 23.8 Å². The van der Waals surface area contributed by atoms with Crippen molar-refractivity contribution < 1.29 is 0 Å². The molecule has 5 heteroatoms. The van der Waals surface area contributed by atoms with Crippen LogP contribution in [0.1, 0.15) is 37.8 Å². The van der Waals surface area contributed by atoms with Gasteiger partial charge in [-0.15, -0.1) is 0 Å². The van der Waals surface area contributed by atoms with Gasteiger partial charge >= 0.3 is 11.4 Å².